The third-order valence-corrected chi connectivity index (χ3v) is 6.00. The van der Waals surface area contributed by atoms with Crippen LogP contribution in [0.15, 0.2) is 42.5 Å². The first-order valence-corrected chi connectivity index (χ1v) is 10.9. The summed E-state index contributed by atoms with van der Waals surface area (Å²) in [5.74, 6) is 0.855. The van der Waals surface area contributed by atoms with E-state index < -0.39 is 0 Å². The Balaban J connectivity index is 1.48. The van der Waals surface area contributed by atoms with Gasteiger partial charge in [0.05, 0.1) is 18.8 Å². The van der Waals surface area contributed by atoms with Crippen LogP contribution in [0.1, 0.15) is 50.5 Å². The summed E-state index contributed by atoms with van der Waals surface area (Å²) in [5.41, 5.74) is 3.21. The quantitative estimate of drug-likeness (QED) is 0.734. The summed E-state index contributed by atoms with van der Waals surface area (Å²) in [6.07, 6.45) is 7.24. The van der Waals surface area contributed by atoms with E-state index in [0.717, 1.165) is 55.3 Å². The molecule has 0 aromatic heterocycles. The van der Waals surface area contributed by atoms with Gasteiger partial charge in [-0.3, -0.25) is 4.79 Å². The SMILES string of the molecule is N#Cc1cc(-c2cccc(NC(=O)C3CCCCC3)c2)ccc1OC1CCOCC1. The highest BCUT2D eigenvalue weighted by atomic mass is 16.5. The Morgan fingerprint density at radius 3 is 2.53 bits per heavy atom. The van der Waals surface area contributed by atoms with Gasteiger partial charge in [0.25, 0.3) is 0 Å². The number of rotatable bonds is 5. The summed E-state index contributed by atoms with van der Waals surface area (Å²) < 4.78 is 11.4. The number of hydrogen-bond acceptors (Lipinski definition) is 4. The van der Waals surface area contributed by atoms with Crippen LogP contribution in [0.25, 0.3) is 11.1 Å². The molecule has 0 spiro atoms. The van der Waals surface area contributed by atoms with Crippen LogP contribution in [0.3, 0.4) is 0 Å². The molecule has 2 aromatic carbocycles. The molecule has 1 saturated heterocycles. The van der Waals surface area contributed by atoms with Gasteiger partial charge in [0.1, 0.15) is 17.9 Å². The van der Waals surface area contributed by atoms with Crippen molar-refractivity contribution in [1.82, 2.24) is 0 Å². The van der Waals surface area contributed by atoms with Crippen molar-refractivity contribution in [3.05, 3.63) is 48.0 Å². The number of carbonyl (C=O) groups excluding carboxylic acids is 1. The van der Waals surface area contributed by atoms with Gasteiger partial charge >= 0.3 is 0 Å². The Bertz CT molecular complexity index is 922. The molecule has 5 heteroatoms. The number of benzene rings is 2. The van der Waals surface area contributed by atoms with Gasteiger partial charge in [0.15, 0.2) is 0 Å². The lowest BCUT2D eigenvalue weighted by Gasteiger charge is -2.24. The zero-order valence-corrected chi connectivity index (χ0v) is 17.2. The van der Waals surface area contributed by atoms with Crippen molar-refractivity contribution in [2.45, 2.75) is 51.0 Å². The fourth-order valence-electron chi connectivity index (χ4n) is 4.26. The van der Waals surface area contributed by atoms with Gasteiger partial charge in [-0.1, -0.05) is 37.5 Å². The minimum absolute atomic E-state index is 0.0926. The highest BCUT2D eigenvalue weighted by Crippen LogP contribution is 2.30. The number of amides is 1. The first-order valence-electron chi connectivity index (χ1n) is 10.9. The minimum atomic E-state index is 0.0926. The minimum Gasteiger partial charge on any atom is -0.489 e. The molecule has 0 atom stereocenters. The summed E-state index contributed by atoms with van der Waals surface area (Å²) in [7, 11) is 0. The molecule has 0 radical (unpaired) electrons. The van der Waals surface area contributed by atoms with Crippen LogP contribution < -0.4 is 10.1 Å². The third-order valence-electron chi connectivity index (χ3n) is 6.00. The lowest BCUT2D eigenvalue weighted by molar-refractivity contribution is -0.120. The van der Waals surface area contributed by atoms with Crippen LogP contribution in [0.5, 0.6) is 5.75 Å². The van der Waals surface area contributed by atoms with Gasteiger partial charge in [0.2, 0.25) is 5.91 Å². The van der Waals surface area contributed by atoms with Gasteiger partial charge < -0.3 is 14.8 Å². The smallest absolute Gasteiger partial charge is 0.227 e. The molecule has 0 unspecified atom stereocenters. The monoisotopic (exact) mass is 404 g/mol. The van der Waals surface area contributed by atoms with E-state index in [4.69, 9.17) is 9.47 Å². The van der Waals surface area contributed by atoms with Gasteiger partial charge in [-0.05, 0) is 48.2 Å². The van der Waals surface area contributed by atoms with Crippen molar-refractivity contribution in [1.29, 1.82) is 5.26 Å². The predicted molar refractivity (Wildman–Crippen MR) is 116 cm³/mol. The van der Waals surface area contributed by atoms with Crippen molar-refractivity contribution in [3.8, 4) is 22.9 Å². The molecule has 1 N–H and O–H groups in total. The second kappa shape index (κ2) is 9.77. The molecule has 1 aliphatic carbocycles. The lowest BCUT2D eigenvalue weighted by atomic mass is 9.88. The zero-order valence-electron chi connectivity index (χ0n) is 17.2. The Hall–Kier alpha value is -2.84. The van der Waals surface area contributed by atoms with Crippen LogP contribution >= 0.6 is 0 Å². The normalized spacial score (nSPS) is 17.8. The maximum atomic E-state index is 12.6. The molecule has 2 fully saturated rings. The maximum absolute atomic E-state index is 12.6. The average molecular weight is 405 g/mol. The number of ether oxygens (including phenoxy) is 2. The first kappa shape index (κ1) is 20.4. The molecule has 4 rings (SSSR count). The van der Waals surface area contributed by atoms with Gasteiger partial charge in [-0.25, -0.2) is 0 Å². The van der Waals surface area contributed by atoms with Gasteiger partial charge in [-0.2, -0.15) is 5.26 Å². The molecule has 5 nitrogen and oxygen atoms in total. The highest BCUT2D eigenvalue weighted by molar-refractivity contribution is 5.93. The summed E-state index contributed by atoms with van der Waals surface area (Å²) in [6.45, 7) is 1.40. The Morgan fingerprint density at radius 2 is 1.77 bits per heavy atom. The summed E-state index contributed by atoms with van der Waals surface area (Å²) in [6, 6.07) is 15.8. The van der Waals surface area contributed by atoms with Crippen LogP contribution in [-0.4, -0.2) is 25.2 Å². The van der Waals surface area contributed by atoms with E-state index in [1.54, 1.807) is 0 Å². The molecule has 30 heavy (non-hydrogen) atoms. The van der Waals surface area contributed by atoms with E-state index >= 15 is 0 Å². The molecule has 1 heterocycles. The average Bonchev–Trinajstić information content (AvgIpc) is 2.81. The van der Waals surface area contributed by atoms with Crippen LogP contribution in [0.4, 0.5) is 5.69 Å². The van der Waals surface area contributed by atoms with Crippen molar-refractivity contribution >= 4 is 11.6 Å². The number of nitriles is 1. The summed E-state index contributed by atoms with van der Waals surface area (Å²) >= 11 is 0. The van der Waals surface area contributed by atoms with E-state index in [-0.39, 0.29) is 17.9 Å². The van der Waals surface area contributed by atoms with E-state index in [9.17, 15) is 10.1 Å². The van der Waals surface area contributed by atoms with Crippen LogP contribution in [0, 0.1) is 17.2 Å². The van der Waals surface area contributed by atoms with Crippen molar-refractivity contribution in [2.24, 2.45) is 5.92 Å². The zero-order chi connectivity index (χ0) is 20.8. The fraction of sp³-hybridized carbons (Fsp3) is 0.440. The van der Waals surface area contributed by atoms with E-state index in [2.05, 4.69) is 11.4 Å². The van der Waals surface area contributed by atoms with E-state index in [1.165, 1.54) is 6.42 Å². The maximum Gasteiger partial charge on any atom is 0.227 e. The number of nitrogens with zero attached hydrogens (tertiary/aromatic N) is 1. The Labute approximate surface area is 178 Å². The molecular weight excluding hydrogens is 376 g/mol. The summed E-state index contributed by atoms with van der Waals surface area (Å²) in [5, 5.41) is 12.7. The third kappa shape index (κ3) is 5.01. The molecule has 156 valence electrons. The molecular formula is C25H28N2O3. The fourth-order valence-corrected chi connectivity index (χ4v) is 4.26. The molecule has 2 aliphatic rings. The summed E-state index contributed by atoms with van der Waals surface area (Å²) in [4.78, 5) is 12.6. The number of hydrogen-bond donors (Lipinski definition) is 1. The van der Waals surface area contributed by atoms with Crippen LogP contribution in [0.2, 0.25) is 0 Å². The van der Waals surface area contributed by atoms with Crippen molar-refractivity contribution in [2.75, 3.05) is 18.5 Å². The number of nitrogens with one attached hydrogen (secondary N) is 1. The standard InChI is InChI=1S/C25H28N2O3/c26-17-21-15-20(9-10-24(21)30-23-11-13-29-14-12-23)19-7-4-8-22(16-19)27-25(28)18-5-2-1-3-6-18/h4,7-10,15-16,18,23H,1-3,5-6,11-14H2,(H,27,28). The number of carbonyl (C=O) groups is 1. The second-order valence-electron chi connectivity index (χ2n) is 8.16. The van der Waals surface area contributed by atoms with Gasteiger partial charge in [-0.15, -0.1) is 0 Å². The Morgan fingerprint density at radius 1 is 1.00 bits per heavy atom. The molecule has 1 amide bonds. The largest absolute Gasteiger partial charge is 0.489 e. The van der Waals surface area contributed by atoms with E-state index in [0.29, 0.717) is 24.5 Å². The molecule has 1 saturated carbocycles. The van der Waals surface area contributed by atoms with Gasteiger partial charge in [0, 0.05) is 24.4 Å². The first-order chi connectivity index (χ1) is 14.7. The molecule has 1 aliphatic heterocycles. The highest BCUT2D eigenvalue weighted by Gasteiger charge is 2.21. The van der Waals surface area contributed by atoms with E-state index in [1.807, 2.05) is 42.5 Å². The van der Waals surface area contributed by atoms with Crippen molar-refractivity contribution < 1.29 is 14.3 Å². The number of anilines is 1. The Kier molecular flexibility index (Phi) is 6.66. The van der Waals surface area contributed by atoms with Crippen LogP contribution in [-0.2, 0) is 9.53 Å². The lowest BCUT2D eigenvalue weighted by Crippen LogP contribution is -2.26. The topological polar surface area (TPSA) is 71.4 Å². The molecule has 0 bridgehead atoms. The van der Waals surface area contributed by atoms with Crippen molar-refractivity contribution in [3.63, 3.8) is 0 Å². The molecule has 2 aromatic rings. The second-order valence-corrected chi connectivity index (χ2v) is 8.16. The predicted octanol–water partition coefficient (Wildman–Crippen LogP) is 5.30.